The lowest BCUT2D eigenvalue weighted by atomic mass is 9.68. The Morgan fingerprint density at radius 3 is 2.11 bits per heavy atom. The fraction of sp³-hybridized carbons (Fsp3) is 0.938. The van der Waals surface area contributed by atoms with Crippen molar-refractivity contribution in [1.82, 2.24) is 5.32 Å². The maximum Gasteiger partial charge on any atom is 0.0981 e. The van der Waals surface area contributed by atoms with Crippen LogP contribution in [0.3, 0.4) is 0 Å². The summed E-state index contributed by atoms with van der Waals surface area (Å²) in [7, 11) is 0. The molecule has 0 saturated heterocycles. The zero-order valence-corrected chi connectivity index (χ0v) is 12.8. The Labute approximate surface area is 113 Å². The minimum absolute atomic E-state index is 0.0633. The number of hydrogen-bond donors (Lipinski definition) is 1. The predicted octanol–water partition coefficient (Wildman–Crippen LogP) is 3.98. The van der Waals surface area contributed by atoms with Gasteiger partial charge in [-0.3, -0.25) is 0 Å². The van der Waals surface area contributed by atoms with E-state index in [1.165, 1.54) is 25.7 Å². The Balaban J connectivity index is 2.43. The molecule has 1 N–H and O–H groups in total. The molecule has 2 heteroatoms. The third kappa shape index (κ3) is 4.61. The molecule has 1 atom stereocenters. The summed E-state index contributed by atoms with van der Waals surface area (Å²) in [5, 5.41) is 12.7. The molecular weight excluding hydrogens is 220 g/mol. The summed E-state index contributed by atoms with van der Waals surface area (Å²) in [5.41, 5.74) is 0.429. The van der Waals surface area contributed by atoms with Crippen molar-refractivity contribution in [2.45, 2.75) is 66.3 Å². The molecule has 0 amide bonds. The van der Waals surface area contributed by atoms with Gasteiger partial charge in [0.05, 0.1) is 12.1 Å². The van der Waals surface area contributed by atoms with Gasteiger partial charge in [0.1, 0.15) is 0 Å². The Kier molecular flexibility index (Phi) is 5.66. The van der Waals surface area contributed by atoms with Crippen LogP contribution in [0.2, 0.25) is 0 Å². The van der Waals surface area contributed by atoms with Crippen molar-refractivity contribution in [3.8, 4) is 6.07 Å². The van der Waals surface area contributed by atoms with E-state index in [2.05, 4.69) is 46.0 Å². The number of nitrogens with zero attached hydrogens (tertiary/aromatic N) is 1. The summed E-state index contributed by atoms with van der Waals surface area (Å²) in [6, 6.07) is 2.53. The van der Waals surface area contributed by atoms with Crippen molar-refractivity contribution in [1.29, 1.82) is 5.26 Å². The lowest BCUT2D eigenvalue weighted by molar-refractivity contribution is 0.140. The van der Waals surface area contributed by atoms with Gasteiger partial charge in [-0.05, 0) is 55.4 Å². The number of nitriles is 1. The third-order valence-electron chi connectivity index (χ3n) is 4.35. The second-order valence-electron chi connectivity index (χ2n) is 7.39. The van der Waals surface area contributed by atoms with Crippen molar-refractivity contribution in [3.05, 3.63) is 0 Å². The lowest BCUT2D eigenvalue weighted by Gasteiger charge is -2.38. The van der Waals surface area contributed by atoms with Crippen molar-refractivity contribution in [3.63, 3.8) is 0 Å². The zero-order valence-electron chi connectivity index (χ0n) is 12.8. The molecule has 0 aromatic rings. The second-order valence-corrected chi connectivity index (χ2v) is 7.39. The van der Waals surface area contributed by atoms with Gasteiger partial charge in [0.2, 0.25) is 0 Å². The van der Waals surface area contributed by atoms with E-state index in [1.54, 1.807) is 0 Å². The topological polar surface area (TPSA) is 35.8 Å². The van der Waals surface area contributed by atoms with E-state index in [1.807, 2.05) is 0 Å². The Hall–Kier alpha value is -0.550. The summed E-state index contributed by atoms with van der Waals surface area (Å²) >= 11 is 0. The fourth-order valence-electron chi connectivity index (χ4n) is 3.00. The minimum atomic E-state index is 0.0633. The normalized spacial score (nSPS) is 26.9. The molecule has 1 saturated carbocycles. The van der Waals surface area contributed by atoms with E-state index in [-0.39, 0.29) is 6.04 Å². The highest BCUT2D eigenvalue weighted by molar-refractivity contribution is 4.97. The SMILES string of the molecule is CC(C)CNC(C#N)C1CCC(C(C)(C)C)CC1. The van der Waals surface area contributed by atoms with E-state index >= 15 is 0 Å². The largest absolute Gasteiger partial charge is 0.301 e. The average molecular weight is 250 g/mol. The van der Waals surface area contributed by atoms with E-state index in [0.717, 1.165) is 12.5 Å². The zero-order chi connectivity index (χ0) is 13.8. The monoisotopic (exact) mass is 250 g/mol. The van der Waals surface area contributed by atoms with Crippen LogP contribution >= 0.6 is 0 Å². The third-order valence-corrected chi connectivity index (χ3v) is 4.35. The van der Waals surface area contributed by atoms with Crippen molar-refractivity contribution in [2.75, 3.05) is 6.54 Å². The van der Waals surface area contributed by atoms with Crippen LogP contribution in [-0.2, 0) is 0 Å². The number of nitrogens with one attached hydrogen (secondary N) is 1. The molecule has 104 valence electrons. The van der Waals surface area contributed by atoms with Gasteiger partial charge in [-0.2, -0.15) is 5.26 Å². The minimum Gasteiger partial charge on any atom is -0.301 e. The molecule has 0 heterocycles. The molecule has 0 aliphatic heterocycles. The van der Waals surface area contributed by atoms with Gasteiger partial charge in [-0.25, -0.2) is 0 Å². The lowest BCUT2D eigenvalue weighted by Crippen LogP contribution is -2.40. The molecular formula is C16H30N2. The summed E-state index contributed by atoms with van der Waals surface area (Å²) in [6.07, 6.45) is 5.00. The van der Waals surface area contributed by atoms with Crippen LogP contribution in [0.5, 0.6) is 0 Å². The average Bonchev–Trinajstić information content (AvgIpc) is 2.29. The number of hydrogen-bond acceptors (Lipinski definition) is 2. The first kappa shape index (κ1) is 15.5. The first-order chi connectivity index (χ1) is 8.34. The van der Waals surface area contributed by atoms with Crippen LogP contribution in [0.4, 0.5) is 0 Å². The van der Waals surface area contributed by atoms with E-state index in [0.29, 0.717) is 17.3 Å². The highest BCUT2D eigenvalue weighted by atomic mass is 14.9. The first-order valence-corrected chi connectivity index (χ1v) is 7.47. The molecule has 0 aromatic carbocycles. The highest BCUT2D eigenvalue weighted by Gasteiger charge is 2.32. The molecule has 1 fully saturated rings. The molecule has 2 nitrogen and oxygen atoms in total. The van der Waals surface area contributed by atoms with Gasteiger partial charge in [0.25, 0.3) is 0 Å². The van der Waals surface area contributed by atoms with Gasteiger partial charge < -0.3 is 5.32 Å². The van der Waals surface area contributed by atoms with Crippen LogP contribution in [0, 0.1) is 34.5 Å². The summed E-state index contributed by atoms with van der Waals surface area (Å²) in [4.78, 5) is 0. The first-order valence-electron chi connectivity index (χ1n) is 7.47. The van der Waals surface area contributed by atoms with E-state index < -0.39 is 0 Å². The Morgan fingerprint density at radius 1 is 1.17 bits per heavy atom. The maximum atomic E-state index is 9.30. The Morgan fingerprint density at radius 2 is 1.72 bits per heavy atom. The fourth-order valence-corrected chi connectivity index (χ4v) is 3.00. The maximum absolute atomic E-state index is 9.30. The summed E-state index contributed by atoms with van der Waals surface area (Å²) in [6.45, 7) is 12.4. The number of rotatable bonds is 4. The molecule has 18 heavy (non-hydrogen) atoms. The van der Waals surface area contributed by atoms with Crippen LogP contribution in [0.1, 0.15) is 60.3 Å². The molecule has 0 radical (unpaired) electrons. The summed E-state index contributed by atoms with van der Waals surface area (Å²) in [5.74, 6) is 2.01. The summed E-state index contributed by atoms with van der Waals surface area (Å²) < 4.78 is 0. The van der Waals surface area contributed by atoms with Crippen LogP contribution < -0.4 is 5.32 Å². The second kappa shape index (κ2) is 6.57. The van der Waals surface area contributed by atoms with Crippen molar-refractivity contribution < 1.29 is 0 Å². The van der Waals surface area contributed by atoms with Gasteiger partial charge in [0.15, 0.2) is 0 Å². The smallest absolute Gasteiger partial charge is 0.0981 e. The van der Waals surface area contributed by atoms with Gasteiger partial charge in [-0.1, -0.05) is 34.6 Å². The van der Waals surface area contributed by atoms with Gasteiger partial charge in [0, 0.05) is 0 Å². The predicted molar refractivity (Wildman–Crippen MR) is 77.1 cm³/mol. The van der Waals surface area contributed by atoms with Crippen LogP contribution in [0.25, 0.3) is 0 Å². The van der Waals surface area contributed by atoms with E-state index in [9.17, 15) is 5.26 Å². The standard InChI is InChI=1S/C16H30N2/c1-12(2)11-18-15(10-17)13-6-8-14(9-7-13)16(3,4)5/h12-15,18H,6-9,11H2,1-5H3. The molecule has 1 aliphatic carbocycles. The molecule has 0 spiro atoms. The quantitative estimate of drug-likeness (QED) is 0.819. The van der Waals surface area contributed by atoms with Crippen molar-refractivity contribution >= 4 is 0 Å². The molecule has 0 bridgehead atoms. The molecule has 1 aliphatic rings. The van der Waals surface area contributed by atoms with Crippen LogP contribution in [0.15, 0.2) is 0 Å². The van der Waals surface area contributed by atoms with E-state index in [4.69, 9.17) is 0 Å². The molecule has 0 aromatic heterocycles. The Bertz CT molecular complexity index is 274. The molecule has 1 unspecified atom stereocenters. The van der Waals surface area contributed by atoms with Gasteiger partial charge in [-0.15, -0.1) is 0 Å². The molecule has 1 rings (SSSR count). The highest BCUT2D eigenvalue weighted by Crippen LogP contribution is 2.40. The van der Waals surface area contributed by atoms with Crippen molar-refractivity contribution in [2.24, 2.45) is 23.2 Å². The van der Waals surface area contributed by atoms with Gasteiger partial charge >= 0.3 is 0 Å². The van der Waals surface area contributed by atoms with Crippen LogP contribution in [-0.4, -0.2) is 12.6 Å².